The summed E-state index contributed by atoms with van der Waals surface area (Å²) in [6.07, 6.45) is 4.39. The van der Waals surface area contributed by atoms with Crippen LogP contribution in [0.5, 0.6) is 0 Å². The zero-order valence-corrected chi connectivity index (χ0v) is 17.6. The molecule has 5 aromatic rings. The number of hydrogen-bond donors (Lipinski definition) is 0. The smallest absolute Gasteiger partial charge is 0.245 e. The molecule has 0 aliphatic carbocycles. The quantitative estimate of drug-likeness (QED) is 0.402. The van der Waals surface area contributed by atoms with Crippen molar-refractivity contribution in [2.75, 3.05) is 0 Å². The van der Waals surface area contributed by atoms with E-state index in [1.54, 1.807) is 0 Å². The Morgan fingerprint density at radius 3 is 1.57 bits per heavy atom. The molecule has 0 radical (unpaired) electrons. The van der Waals surface area contributed by atoms with Crippen LogP contribution in [0.1, 0.15) is 25.2 Å². The third-order valence-corrected chi connectivity index (χ3v) is 5.77. The van der Waals surface area contributed by atoms with Crippen molar-refractivity contribution in [1.29, 1.82) is 0 Å². The van der Waals surface area contributed by atoms with Crippen LogP contribution in [0, 0.1) is 0 Å². The average molecular weight is 398 g/mol. The highest BCUT2D eigenvalue weighted by Gasteiger charge is 2.17. The molecule has 0 saturated heterocycles. The first kappa shape index (κ1) is 18.6. The van der Waals surface area contributed by atoms with Crippen LogP contribution < -0.4 is 9.13 Å². The first-order chi connectivity index (χ1) is 14.8. The van der Waals surface area contributed by atoms with Gasteiger partial charge in [0.05, 0.1) is 24.5 Å². The number of para-hydroxylation sites is 4. The number of nitrogens with zero attached hydrogens (tertiary/aromatic N) is 5. The summed E-state index contributed by atoms with van der Waals surface area (Å²) in [5.41, 5.74) is 7.17. The molecule has 5 nitrogen and oxygen atoms in total. The summed E-state index contributed by atoms with van der Waals surface area (Å²) < 4.78 is 9.16. The zero-order valence-electron chi connectivity index (χ0n) is 17.6. The number of imidazole rings is 2. The number of aryl methyl sites for hydroxylation is 2. The van der Waals surface area contributed by atoms with Crippen molar-refractivity contribution in [3.05, 3.63) is 90.8 Å². The van der Waals surface area contributed by atoms with Crippen LogP contribution in [-0.2, 0) is 26.2 Å². The third-order valence-electron chi connectivity index (χ3n) is 5.77. The van der Waals surface area contributed by atoms with E-state index in [0.717, 1.165) is 37.6 Å². The van der Waals surface area contributed by atoms with Gasteiger partial charge in [0.1, 0.15) is 13.1 Å². The second kappa shape index (κ2) is 7.75. The lowest BCUT2D eigenvalue weighted by Gasteiger charge is -2.03. The molecule has 0 unspecified atom stereocenters. The Balaban J connectivity index is 1.46. The van der Waals surface area contributed by atoms with E-state index >= 15 is 0 Å². The summed E-state index contributed by atoms with van der Waals surface area (Å²) in [7, 11) is 0. The molecule has 0 saturated carbocycles. The van der Waals surface area contributed by atoms with Gasteiger partial charge < -0.3 is 0 Å². The first-order valence-corrected chi connectivity index (χ1v) is 10.7. The van der Waals surface area contributed by atoms with Crippen molar-refractivity contribution in [3.8, 4) is 0 Å². The summed E-state index contributed by atoms with van der Waals surface area (Å²) in [5, 5.41) is 0. The molecule has 0 fully saturated rings. The Kier molecular flexibility index (Phi) is 4.79. The van der Waals surface area contributed by atoms with Crippen LogP contribution in [0.15, 0.2) is 79.4 Å². The lowest BCUT2D eigenvalue weighted by atomic mass is 10.2. The average Bonchev–Trinajstić information content (AvgIpc) is 3.32. The van der Waals surface area contributed by atoms with Gasteiger partial charge in [0, 0.05) is 0 Å². The van der Waals surface area contributed by atoms with Crippen LogP contribution in [0.3, 0.4) is 0 Å². The summed E-state index contributed by atoms with van der Waals surface area (Å²) >= 11 is 0. The minimum atomic E-state index is 0.767. The van der Waals surface area contributed by atoms with Crippen LogP contribution in [0.4, 0.5) is 0 Å². The maximum atomic E-state index is 4.99. The van der Waals surface area contributed by atoms with Crippen LogP contribution >= 0.6 is 0 Å². The summed E-state index contributed by atoms with van der Waals surface area (Å²) in [4.78, 5) is 4.99. The number of pyridine rings is 1. The molecule has 0 bridgehead atoms. The number of aromatic nitrogens is 5. The standard InChI is InChI=1S/C25H27N5/c1-3-27-18-29(24-14-7-5-12-22(24)27)16-20-10-9-11-21(26-20)17-30-19-28(4-2)23-13-6-8-15-25(23)30/h5-15,18-19H,3-4,16-17H2,1-2H3/q+2. The lowest BCUT2D eigenvalue weighted by Crippen LogP contribution is -2.35. The molecule has 0 aliphatic heterocycles. The van der Waals surface area contributed by atoms with Gasteiger partial charge in [0.2, 0.25) is 12.7 Å². The van der Waals surface area contributed by atoms with Gasteiger partial charge in [0.15, 0.2) is 22.1 Å². The summed E-state index contributed by atoms with van der Waals surface area (Å²) in [6, 6.07) is 23.5. The molecule has 3 aromatic heterocycles. The molecule has 0 amide bonds. The minimum Gasteiger partial charge on any atom is -0.250 e. The van der Waals surface area contributed by atoms with Gasteiger partial charge >= 0.3 is 0 Å². The molecule has 0 N–H and O–H groups in total. The lowest BCUT2D eigenvalue weighted by molar-refractivity contribution is -0.665. The maximum absolute atomic E-state index is 4.99. The molecule has 30 heavy (non-hydrogen) atoms. The van der Waals surface area contributed by atoms with Crippen molar-refractivity contribution in [3.63, 3.8) is 0 Å². The van der Waals surface area contributed by atoms with Gasteiger partial charge in [-0.2, -0.15) is 0 Å². The van der Waals surface area contributed by atoms with E-state index in [1.807, 2.05) is 0 Å². The second-order valence-electron chi connectivity index (χ2n) is 7.66. The fraction of sp³-hybridized carbons (Fsp3) is 0.240. The van der Waals surface area contributed by atoms with E-state index in [9.17, 15) is 0 Å². The molecule has 5 heteroatoms. The van der Waals surface area contributed by atoms with Crippen molar-refractivity contribution < 1.29 is 9.13 Å². The minimum absolute atomic E-state index is 0.767. The van der Waals surface area contributed by atoms with Gasteiger partial charge in [-0.05, 0) is 50.2 Å². The molecule has 0 aliphatic rings. The van der Waals surface area contributed by atoms with E-state index in [-0.39, 0.29) is 0 Å². The van der Waals surface area contributed by atoms with E-state index in [2.05, 4.69) is 112 Å². The summed E-state index contributed by atoms with van der Waals surface area (Å²) in [5.74, 6) is 0. The number of benzene rings is 2. The van der Waals surface area contributed by atoms with Gasteiger partial charge in [-0.1, -0.05) is 30.3 Å². The molecule has 150 valence electrons. The SMILES string of the molecule is CCn1c[n+](Cc2cccc(C[n+]3cn(CC)c4ccccc43)n2)c2ccccc21. The molecule has 5 rings (SSSR count). The number of fused-ring (bicyclic) bond motifs is 2. The Hall–Kier alpha value is -3.47. The topological polar surface area (TPSA) is 30.5 Å². The van der Waals surface area contributed by atoms with Crippen molar-refractivity contribution in [2.24, 2.45) is 0 Å². The van der Waals surface area contributed by atoms with Crippen LogP contribution in [0.2, 0.25) is 0 Å². The van der Waals surface area contributed by atoms with Crippen molar-refractivity contribution in [2.45, 2.75) is 40.0 Å². The molecular formula is C25H27N5+2. The monoisotopic (exact) mass is 397 g/mol. The van der Waals surface area contributed by atoms with Gasteiger partial charge in [0.25, 0.3) is 0 Å². The predicted molar refractivity (Wildman–Crippen MR) is 118 cm³/mol. The molecular weight excluding hydrogens is 370 g/mol. The second-order valence-corrected chi connectivity index (χ2v) is 7.66. The van der Waals surface area contributed by atoms with Gasteiger partial charge in [-0.15, -0.1) is 0 Å². The summed E-state index contributed by atoms with van der Waals surface area (Å²) in [6.45, 7) is 7.81. The Morgan fingerprint density at radius 2 is 1.10 bits per heavy atom. The number of rotatable bonds is 6. The largest absolute Gasteiger partial charge is 0.250 e. The normalized spacial score (nSPS) is 11.5. The molecule has 0 spiro atoms. The molecule has 3 heterocycles. The fourth-order valence-electron chi connectivity index (χ4n) is 4.30. The Labute approximate surface area is 176 Å². The highest BCUT2D eigenvalue weighted by Crippen LogP contribution is 2.13. The number of hydrogen-bond acceptors (Lipinski definition) is 1. The predicted octanol–water partition coefficient (Wildman–Crippen LogP) is 3.70. The fourth-order valence-corrected chi connectivity index (χ4v) is 4.30. The van der Waals surface area contributed by atoms with Crippen molar-refractivity contribution >= 4 is 22.1 Å². The van der Waals surface area contributed by atoms with Gasteiger partial charge in [-0.3, -0.25) is 0 Å². The molecule has 2 aromatic carbocycles. The Morgan fingerprint density at radius 1 is 0.633 bits per heavy atom. The van der Waals surface area contributed by atoms with Crippen molar-refractivity contribution in [1.82, 2.24) is 14.1 Å². The third kappa shape index (κ3) is 3.26. The van der Waals surface area contributed by atoms with E-state index in [0.29, 0.717) is 0 Å². The van der Waals surface area contributed by atoms with Crippen LogP contribution in [0.25, 0.3) is 22.1 Å². The van der Waals surface area contributed by atoms with E-state index < -0.39 is 0 Å². The highest BCUT2D eigenvalue weighted by molar-refractivity contribution is 5.72. The zero-order chi connectivity index (χ0) is 20.5. The van der Waals surface area contributed by atoms with Gasteiger partial charge in [-0.25, -0.2) is 23.3 Å². The maximum Gasteiger partial charge on any atom is 0.245 e. The van der Waals surface area contributed by atoms with E-state index in [1.165, 1.54) is 22.1 Å². The molecule has 0 atom stereocenters. The highest BCUT2D eigenvalue weighted by atomic mass is 15.1. The first-order valence-electron chi connectivity index (χ1n) is 10.7. The van der Waals surface area contributed by atoms with E-state index in [4.69, 9.17) is 4.98 Å². The van der Waals surface area contributed by atoms with Crippen LogP contribution in [-0.4, -0.2) is 14.1 Å². The Bertz CT molecular complexity index is 1230.